The van der Waals surface area contributed by atoms with Crippen molar-refractivity contribution in [1.29, 1.82) is 0 Å². The maximum absolute atomic E-state index is 11.5. The van der Waals surface area contributed by atoms with Gasteiger partial charge in [-0.2, -0.15) is 0 Å². The predicted molar refractivity (Wildman–Crippen MR) is 65.4 cm³/mol. The van der Waals surface area contributed by atoms with Crippen LogP contribution in [0.25, 0.3) is 0 Å². The van der Waals surface area contributed by atoms with Crippen LogP contribution in [0.15, 0.2) is 0 Å². The molecule has 1 aliphatic carbocycles. The highest BCUT2D eigenvalue weighted by molar-refractivity contribution is 5.79. The highest BCUT2D eigenvalue weighted by Crippen LogP contribution is 2.36. The molecule has 1 fully saturated rings. The minimum Gasteiger partial charge on any atom is -0.480 e. The number of carboxylic acid groups (broad SMARTS) is 1. The number of rotatable bonds is 4. The molecule has 2 atom stereocenters. The van der Waals surface area contributed by atoms with Crippen molar-refractivity contribution in [3.05, 3.63) is 0 Å². The van der Waals surface area contributed by atoms with Crippen molar-refractivity contribution in [3.8, 4) is 0 Å². The second-order valence-electron chi connectivity index (χ2n) is 6.02. The number of nitrogens with one attached hydrogen (secondary N) is 1. The Morgan fingerprint density at radius 3 is 2.25 bits per heavy atom. The van der Waals surface area contributed by atoms with Crippen LogP contribution in [0.2, 0.25) is 0 Å². The van der Waals surface area contributed by atoms with Gasteiger partial charge in [-0.3, -0.25) is 4.79 Å². The summed E-state index contributed by atoms with van der Waals surface area (Å²) in [5.41, 5.74) is -0.679. The normalized spacial score (nSPS) is 35.3. The third-order valence-electron chi connectivity index (χ3n) is 3.46. The van der Waals surface area contributed by atoms with E-state index in [4.69, 9.17) is 0 Å². The number of carboxylic acids is 1. The van der Waals surface area contributed by atoms with Crippen LogP contribution < -0.4 is 5.32 Å². The second-order valence-corrected chi connectivity index (χ2v) is 6.02. The molecule has 2 N–H and O–H groups in total. The van der Waals surface area contributed by atoms with Crippen LogP contribution in [0, 0.1) is 17.8 Å². The molecule has 0 aliphatic heterocycles. The largest absolute Gasteiger partial charge is 0.480 e. The Morgan fingerprint density at radius 1 is 1.38 bits per heavy atom. The fraction of sp³-hybridized carbons (Fsp3) is 0.923. The van der Waals surface area contributed by atoms with E-state index in [1.807, 2.05) is 0 Å². The summed E-state index contributed by atoms with van der Waals surface area (Å²) in [7, 11) is 0. The maximum atomic E-state index is 11.5. The molecule has 1 saturated carbocycles. The van der Waals surface area contributed by atoms with Crippen molar-refractivity contribution >= 4 is 5.97 Å². The Bertz CT molecular complexity index is 240. The molecule has 1 rings (SSSR count). The van der Waals surface area contributed by atoms with Gasteiger partial charge in [0, 0.05) is 0 Å². The maximum Gasteiger partial charge on any atom is 0.323 e. The summed E-state index contributed by atoms with van der Waals surface area (Å²) in [5, 5.41) is 12.8. The standard InChI is InChI=1S/C13H25NO2/c1-9(2)8-14-13(12(15)16)6-10(3)5-11(4)7-13/h9-11,14H,5-8H2,1-4H3,(H,15,16). The quantitative estimate of drug-likeness (QED) is 0.776. The summed E-state index contributed by atoms with van der Waals surface area (Å²) in [6.45, 7) is 9.32. The van der Waals surface area contributed by atoms with E-state index in [2.05, 4.69) is 33.0 Å². The van der Waals surface area contributed by atoms with E-state index in [-0.39, 0.29) is 0 Å². The van der Waals surface area contributed by atoms with Crippen LogP contribution in [0.1, 0.15) is 47.0 Å². The van der Waals surface area contributed by atoms with E-state index in [0.29, 0.717) is 17.8 Å². The SMILES string of the molecule is CC(C)CNC1(C(=O)O)CC(C)CC(C)C1. The molecule has 0 aromatic carbocycles. The molecule has 2 unspecified atom stereocenters. The molecular formula is C13H25NO2. The zero-order chi connectivity index (χ0) is 12.3. The molecule has 0 radical (unpaired) electrons. The zero-order valence-electron chi connectivity index (χ0n) is 10.9. The highest BCUT2D eigenvalue weighted by Gasteiger charge is 2.43. The third-order valence-corrected chi connectivity index (χ3v) is 3.46. The van der Waals surface area contributed by atoms with Gasteiger partial charge in [-0.25, -0.2) is 0 Å². The lowest BCUT2D eigenvalue weighted by molar-refractivity contribution is -0.148. The van der Waals surface area contributed by atoms with E-state index in [1.54, 1.807) is 0 Å². The van der Waals surface area contributed by atoms with Crippen LogP contribution in [0.4, 0.5) is 0 Å². The van der Waals surface area contributed by atoms with Gasteiger partial charge < -0.3 is 10.4 Å². The van der Waals surface area contributed by atoms with E-state index in [0.717, 1.165) is 25.8 Å². The first kappa shape index (κ1) is 13.5. The molecule has 0 heterocycles. The van der Waals surface area contributed by atoms with Gasteiger partial charge in [0.15, 0.2) is 0 Å². The molecule has 16 heavy (non-hydrogen) atoms. The Labute approximate surface area is 98.6 Å². The van der Waals surface area contributed by atoms with Gasteiger partial charge in [-0.1, -0.05) is 27.7 Å². The molecule has 0 saturated heterocycles. The topological polar surface area (TPSA) is 49.3 Å². The first-order valence-corrected chi connectivity index (χ1v) is 6.34. The van der Waals surface area contributed by atoms with Gasteiger partial charge in [0.2, 0.25) is 0 Å². The lowest BCUT2D eigenvalue weighted by atomic mass is 9.71. The smallest absolute Gasteiger partial charge is 0.323 e. The summed E-state index contributed by atoms with van der Waals surface area (Å²) >= 11 is 0. The summed E-state index contributed by atoms with van der Waals surface area (Å²) in [5.74, 6) is 0.814. The van der Waals surface area contributed by atoms with Gasteiger partial charge in [0.05, 0.1) is 0 Å². The number of aliphatic carboxylic acids is 1. The zero-order valence-corrected chi connectivity index (χ0v) is 10.9. The number of carbonyl (C=O) groups is 1. The minimum atomic E-state index is -0.679. The van der Waals surface area contributed by atoms with Crippen molar-refractivity contribution in [1.82, 2.24) is 5.32 Å². The van der Waals surface area contributed by atoms with Crippen molar-refractivity contribution < 1.29 is 9.90 Å². The molecule has 1 aliphatic rings. The van der Waals surface area contributed by atoms with Crippen LogP contribution in [-0.4, -0.2) is 23.2 Å². The molecule has 0 bridgehead atoms. The van der Waals surface area contributed by atoms with Gasteiger partial charge in [0.25, 0.3) is 0 Å². The lowest BCUT2D eigenvalue weighted by Crippen LogP contribution is -2.57. The van der Waals surface area contributed by atoms with Gasteiger partial charge in [-0.15, -0.1) is 0 Å². The van der Waals surface area contributed by atoms with Crippen LogP contribution in [0.5, 0.6) is 0 Å². The average Bonchev–Trinajstić information content (AvgIpc) is 2.13. The van der Waals surface area contributed by atoms with Crippen molar-refractivity contribution in [2.45, 2.75) is 52.5 Å². The Balaban J connectivity index is 2.74. The molecular weight excluding hydrogens is 202 g/mol. The van der Waals surface area contributed by atoms with Crippen molar-refractivity contribution in [2.24, 2.45) is 17.8 Å². The summed E-state index contributed by atoms with van der Waals surface area (Å²) in [6.07, 6.45) is 2.68. The number of hydrogen-bond acceptors (Lipinski definition) is 2. The first-order chi connectivity index (χ1) is 7.35. The average molecular weight is 227 g/mol. The first-order valence-electron chi connectivity index (χ1n) is 6.34. The summed E-state index contributed by atoms with van der Waals surface area (Å²) < 4.78 is 0. The molecule has 3 nitrogen and oxygen atoms in total. The van der Waals surface area contributed by atoms with E-state index >= 15 is 0 Å². The van der Waals surface area contributed by atoms with Crippen molar-refractivity contribution in [3.63, 3.8) is 0 Å². The van der Waals surface area contributed by atoms with Crippen LogP contribution in [0.3, 0.4) is 0 Å². The third kappa shape index (κ3) is 3.21. The Hall–Kier alpha value is -0.570. The molecule has 0 spiro atoms. The van der Waals surface area contributed by atoms with Crippen molar-refractivity contribution in [2.75, 3.05) is 6.54 Å². The minimum absolute atomic E-state index is 0.490. The Morgan fingerprint density at radius 2 is 1.88 bits per heavy atom. The fourth-order valence-corrected chi connectivity index (χ4v) is 2.92. The molecule has 0 amide bonds. The van der Waals surface area contributed by atoms with Gasteiger partial charge in [0.1, 0.15) is 5.54 Å². The molecule has 0 aromatic rings. The van der Waals surface area contributed by atoms with Crippen LogP contribution in [-0.2, 0) is 4.79 Å². The van der Waals surface area contributed by atoms with Gasteiger partial charge >= 0.3 is 5.97 Å². The molecule has 94 valence electrons. The lowest BCUT2D eigenvalue weighted by Gasteiger charge is -2.40. The Kier molecular flexibility index (Phi) is 4.36. The number of hydrogen-bond donors (Lipinski definition) is 2. The molecule has 0 aromatic heterocycles. The fourth-order valence-electron chi connectivity index (χ4n) is 2.92. The second kappa shape index (κ2) is 5.17. The highest BCUT2D eigenvalue weighted by atomic mass is 16.4. The van der Waals surface area contributed by atoms with E-state index in [1.165, 1.54) is 0 Å². The van der Waals surface area contributed by atoms with E-state index in [9.17, 15) is 9.90 Å². The van der Waals surface area contributed by atoms with Gasteiger partial charge in [-0.05, 0) is 43.6 Å². The summed E-state index contributed by atoms with van der Waals surface area (Å²) in [4.78, 5) is 11.5. The van der Waals surface area contributed by atoms with E-state index < -0.39 is 11.5 Å². The summed E-state index contributed by atoms with van der Waals surface area (Å²) in [6, 6.07) is 0. The predicted octanol–water partition coefficient (Wildman–Crippen LogP) is 2.51. The monoisotopic (exact) mass is 227 g/mol. The van der Waals surface area contributed by atoms with Crippen LogP contribution >= 0.6 is 0 Å². The molecule has 3 heteroatoms.